The lowest BCUT2D eigenvalue weighted by Crippen LogP contribution is -2.20. The number of benzene rings is 2. The summed E-state index contributed by atoms with van der Waals surface area (Å²) >= 11 is 0. The summed E-state index contributed by atoms with van der Waals surface area (Å²) in [6.45, 7) is 3.90. The first-order chi connectivity index (χ1) is 17.2. The summed E-state index contributed by atoms with van der Waals surface area (Å²) in [5.74, 6) is 2.73. The molecular formula is C26H21F3N4O3. The van der Waals surface area contributed by atoms with Gasteiger partial charge in [0.05, 0.1) is 16.6 Å². The second kappa shape index (κ2) is 7.97. The Balaban J connectivity index is 1.30. The van der Waals surface area contributed by atoms with Gasteiger partial charge < -0.3 is 19.8 Å². The van der Waals surface area contributed by atoms with Gasteiger partial charge in [0.2, 0.25) is 5.91 Å². The number of ether oxygens (including phenoxy) is 2. The predicted octanol–water partition coefficient (Wildman–Crippen LogP) is 6.20. The molecule has 4 heterocycles. The number of carbonyl (C=O) groups excluding carboxylic acids is 1. The molecule has 0 saturated carbocycles. The number of aromatic amines is 1. The number of hydrogen-bond donors (Lipinski definition) is 2. The number of halogens is 3. The highest BCUT2D eigenvalue weighted by molar-refractivity contribution is 5.93. The third-order valence-electron chi connectivity index (χ3n) is 6.66. The smallest absolute Gasteiger partial charge is 0.416 e. The SMILES string of the molecule is Cc1cc(Oc2ccnc3c2CCC(=O)N3)cc2c1OC(c1nc3ccc(C(F)(F)F)cc3[nH]1)C2C. The van der Waals surface area contributed by atoms with Gasteiger partial charge in [0.1, 0.15) is 28.9 Å². The largest absolute Gasteiger partial charge is 0.481 e. The van der Waals surface area contributed by atoms with Crippen molar-refractivity contribution >= 4 is 22.8 Å². The summed E-state index contributed by atoms with van der Waals surface area (Å²) in [6.07, 6.45) is -2.42. The van der Waals surface area contributed by atoms with Crippen LogP contribution in [0.25, 0.3) is 11.0 Å². The van der Waals surface area contributed by atoms with E-state index in [0.29, 0.717) is 52.8 Å². The Bertz CT molecular complexity index is 1530. The first-order valence-corrected chi connectivity index (χ1v) is 11.5. The van der Waals surface area contributed by atoms with Crippen LogP contribution in [0.2, 0.25) is 0 Å². The number of nitrogens with one attached hydrogen (secondary N) is 2. The van der Waals surface area contributed by atoms with Crippen molar-refractivity contribution in [1.29, 1.82) is 0 Å². The highest BCUT2D eigenvalue weighted by Gasteiger charge is 2.37. The summed E-state index contributed by atoms with van der Waals surface area (Å²) in [5.41, 5.74) is 2.65. The summed E-state index contributed by atoms with van der Waals surface area (Å²) in [5, 5.41) is 2.77. The molecule has 2 unspecified atom stereocenters. The van der Waals surface area contributed by atoms with E-state index in [9.17, 15) is 18.0 Å². The Hall–Kier alpha value is -4.08. The molecule has 0 bridgehead atoms. The van der Waals surface area contributed by atoms with E-state index in [2.05, 4.69) is 20.3 Å². The zero-order valence-electron chi connectivity index (χ0n) is 19.4. The number of aryl methyl sites for hydroxylation is 1. The van der Waals surface area contributed by atoms with Crippen molar-refractivity contribution < 1.29 is 27.4 Å². The van der Waals surface area contributed by atoms with Crippen LogP contribution in [0.5, 0.6) is 17.2 Å². The molecule has 1 amide bonds. The maximum absolute atomic E-state index is 13.1. The van der Waals surface area contributed by atoms with Crippen LogP contribution < -0.4 is 14.8 Å². The van der Waals surface area contributed by atoms with Crippen molar-refractivity contribution in [2.45, 2.75) is 44.9 Å². The van der Waals surface area contributed by atoms with E-state index >= 15 is 0 Å². The lowest BCUT2D eigenvalue weighted by atomic mass is 9.95. The highest BCUT2D eigenvalue weighted by atomic mass is 19.4. The lowest BCUT2D eigenvalue weighted by Gasteiger charge is -2.19. The number of amides is 1. The average Bonchev–Trinajstić information content (AvgIpc) is 3.39. The molecule has 2 aliphatic rings. The van der Waals surface area contributed by atoms with Crippen molar-refractivity contribution in [3.63, 3.8) is 0 Å². The van der Waals surface area contributed by atoms with Gasteiger partial charge in [-0.3, -0.25) is 4.79 Å². The van der Waals surface area contributed by atoms with E-state index < -0.39 is 17.8 Å². The van der Waals surface area contributed by atoms with Crippen LogP contribution in [0.3, 0.4) is 0 Å². The molecule has 0 spiro atoms. The van der Waals surface area contributed by atoms with E-state index in [4.69, 9.17) is 9.47 Å². The molecule has 0 aliphatic carbocycles. The molecule has 2 aromatic heterocycles. The minimum Gasteiger partial charge on any atom is -0.481 e. The molecule has 7 nitrogen and oxygen atoms in total. The molecule has 10 heteroatoms. The van der Waals surface area contributed by atoms with E-state index in [1.165, 1.54) is 6.07 Å². The Morgan fingerprint density at radius 1 is 1.14 bits per heavy atom. The summed E-state index contributed by atoms with van der Waals surface area (Å²) in [4.78, 5) is 23.5. The Labute approximate surface area is 203 Å². The lowest BCUT2D eigenvalue weighted by molar-refractivity contribution is -0.137. The fourth-order valence-corrected chi connectivity index (χ4v) is 4.83. The van der Waals surface area contributed by atoms with E-state index in [1.54, 1.807) is 12.3 Å². The van der Waals surface area contributed by atoms with Gasteiger partial charge >= 0.3 is 6.18 Å². The maximum atomic E-state index is 13.1. The van der Waals surface area contributed by atoms with Crippen LogP contribution >= 0.6 is 0 Å². The summed E-state index contributed by atoms with van der Waals surface area (Å²) in [6, 6.07) is 9.00. The Morgan fingerprint density at radius 3 is 2.78 bits per heavy atom. The average molecular weight is 494 g/mol. The van der Waals surface area contributed by atoms with Crippen LogP contribution in [0, 0.1) is 6.92 Å². The maximum Gasteiger partial charge on any atom is 0.416 e. The van der Waals surface area contributed by atoms with Crippen LogP contribution in [-0.2, 0) is 17.4 Å². The van der Waals surface area contributed by atoms with Crippen molar-refractivity contribution in [1.82, 2.24) is 15.0 Å². The molecule has 2 aliphatic heterocycles. The molecule has 0 radical (unpaired) electrons. The fourth-order valence-electron chi connectivity index (χ4n) is 4.83. The molecule has 6 rings (SSSR count). The minimum atomic E-state index is -4.43. The van der Waals surface area contributed by atoms with Gasteiger partial charge in [0.15, 0.2) is 6.10 Å². The number of imidazole rings is 1. The number of pyridine rings is 1. The van der Waals surface area contributed by atoms with Crippen molar-refractivity contribution in [2.75, 3.05) is 5.32 Å². The summed E-state index contributed by atoms with van der Waals surface area (Å²) < 4.78 is 51.8. The normalized spacial score (nSPS) is 19.0. The standard InChI is InChI=1S/C26H21F3N4O3/c1-12-9-15(35-20-7-8-30-24-16(20)4-6-21(34)33-24)11-17-13(2)23(36-22(12)17)25-31-18-5-3-14(26(27,28)29)10-19(18)32-25/h3,5,7-11,13,23H,4,6H2,1-2H3,(H,31,32)(H,30,33,34). The van der Waals surface area contributed by atoms with E-state index in [-0.39, 0.29) is 11.8 Å². The number of hydrogen-bond acceptors (Lipinski definition) is 5. The van der Waals surface area contributed by atoms with Gasteiger partial charge in [-0.2, -0.15) is 13.2 Å². The second-order valence-corrected chi connectivity index (χ2v) is 9.12. The number of carbonyl (C=O) groups is 1. The van der Waals surface area contributed by atoms with Crippen LogP contribution in [0.4, 0.5) is 19.0 Å². The molecule has 2 N–H and O–H groups in total. The number of alkyl halides is 3. The van der Waals surface area contributed by atoms with Gasteiger partial charge in [-0.05, 0) is 55.3 Å². The van der Waals surface area contributed by atoms with Gasteiger partial charge in [0.25, 0.3) is 0 Å². The number of nitrogens with zero attached hydrogens (tertiary/aromatic N) is 2. The van der Waals surface area contributed by atoms with Gasteiger partial charge in [-0.25, -0.2) is 9.97 Å². The predicted molar refractivity (Wildman–Crippen MR) is 125 cm³/mol. The summed E-state index contributed by atoms with van der Waals surface area (Å²) in [7, 11) is 0. The Morgan fingerprint density at radius 2 is 1.97 bits per heavy atom. The zero-order chi connectivity index (χ0) is 25.2. The molecule has 0 fully saturated rings. The van der Waals surface area contributed by atoms with Crippen LogP contribution in [0.1, 0.15) is 53.4 Å². The third kappa shape index (κ3) is 3.73. The number of anilines is 1. The Kier molecular flexibility index (Phi) is 4.96. The molecule has 36 heavy (non-hydrogen) atoms. The molecule has 184 valence electrons. The molecule has 0 saturated heterocycles. The monoisotopic (exact) mass is 494 g/mol. The zero-order valence-corrected chi connectivity index (χ0v) is 19.4. The van der Waals surface area contributed by atoms with Crippen molar-refractivity contribution in [3.8, 4) is 17.2 Å². The molecule has 4 aromatic rings. The number of aromatic nitrogens is 3. The van der Waals surface area contributed by atoms with E-state index in [0.717, 1.165) is 28.8 Å². The quantitative estimate of drug-likeness (QED) is 0.354. The molecule has 2 atom stereocenters. The topological polar surface area (TPSA) is 89.1 Å². The van der Waals surface area contributed by atoms with Gasteiger partial charge in [-0.15, -0.1) is 0 Å². The molecular weight excluding hydrogens is 473 g/mol. The third-order valence-corrected chi connectivity index (χ3v) is 6.66. The highest BCUT2D eigenvalue weighted by Crippen LogP contribution is 2.49. The number of fused-ring (bicyclic) bond motifs is 3. The number of rotatable bonds is 3. The minimum absolute atomic E-state index is 0.0715. The van der Waals surface area contributed by atoms with Gasteiger partial charge in [0, 0.05) is 29.7 Å². The first kappa shape index (κ1) is 22.4. The second-order valence-electron chi connectivity index (χ2n) is 9.12. The molecule has 2 aromatic carbocycles. The number of H-pyrrole nitrogens is 1. The van der Waals surface area contributed by atoms with Crippen molar-refractivity contribution in [3.05, 3.63) is 70.7 Å². The van der Waals surface area contributed by atoms with E-state index in [1.807, 2.05) is 26.0 Å². The van der Waals surface area contributed by atoms with Crippen LogP contribution in [-0.4, -0.2) is 20.9 Å². The van der Waals surface area contributed by atoms with Gasteiger partial charge in [-0.1, -0.05) is 6.92 Å². The fraction of sp³-hybridized carbons (Fsp3) is 0.269. The van der Waals surface area contributed by atoms with Crippen molar-refractivity contribution in [2.24, 2.45) is 0 Å². The van der Waals surface area contributed by atoms with Crippen LogP contribution in [0.15, 0.2) is 42.6 Å². The first-order valence-electron chi connectivity index (χ1n) is 11.5.